The fourth-order valence-electron chi connectivity index (χ4n) is 2.32. The van der Waals surface area contributed by atoms with Gasteiger partial charge in [-0.25, -0.2) is 0 Å². The molecule has 0 aliphatic rings. The van der Waals surface area contributed by atoms with Gasteiger partial charge in [0.2, 0.25) is 0 Å². The van der Waals surface area contributed by atoms with Gasteiger partial charge in [0.25, 0.3) is 0 Å². The largest absolute Gasteiger partial charge is 0.508 e. The van der Waals surface area contributed by atoms with Crippen molar-refractivity contribution in [2.24, 2.45) is 0 Å². The lowest BCUT2D eigenvalue weighted by Gasteiger charge is -2.07. The second-order valence-corrected chi connectivity index (χ2v) is 4.83. The van der Waals surface area contributed by atoms with Gasteiger partial charge in [-0.15, -0.1) is 0 Å². The number of hydrogen-bond acceptors (Lipinski definition) is 3. The van der Waals surface area contributed by atoms with Crippen LogP contribution in [0.25, 0.3) is 10.8 Å². The van der Waals surface area contributed by atoms with Crippen LogP contribution in [-0.4, -0.2) is 15.3 Å². The Morgan fingerprint density at radius 3 is 1.90 bits per heavy atom. The molecular formula is C17H14O3. The van der Waals surface area contributed by atoms with Crippen molar-refractivity contribution in [2.45, 2.75) is 6.42 Å². The highest BCUT2D eigenvalue weighted by Crippen LogP contribution is 2.32. The molecule has 3 aromatic rings. The van der Waals surface area contributed by atoms with Crippen LogP contribution in [0.1, 0.15) is 11.1 Å². The third-order valence-electron chi connectivity index (χ3n) is 3.38. The molecule has 0 saturated carbocycles. The van der Waals surface area contributed by atoms with Crippen molar-refractivity contribution in [3.8, 4) is 17.2 Å². The summed E-state index contributed by atoms with van der Waals surface area (Å²) in [7, 11) is 0. The lowest BCUT2D eigenvalue weighted by molar-refractivity contribution is 0.469. The Hall–Kier alpha value is -2.68. The molecule has 3 nitrogen and oxygen atoms in total. The highest BCUT2D eigenvalue weighted by Gasteiger charge is 2.06. The Kier molecular flexibility index (Phi) is 2.95. The van der Waals surface area contributed by atoms with Crippen molar-refractivity contribution in [3.05, 3.63) is 65.7 Å². The summed E-state index contributed by atoms with van der Waals surface area (Å²) in [5, 5.41) is 30.2. The average Bonchev–Trinajstić information content (AvgIpc) is 2.46. The first-order valence-corrected chi connectivity index (χ1v) is 6.35. The molecule has 0 radical (unpaired) electrons. The summed E-state index contributed by atoms with van der Waals surface area (Å²) in [5.74, 6) is 0.564. The Bertz CT molecular complexity index is 761. The molecule has 0 spiro atoms. The van der Waals surface area contributed by atoms with Crippen LogP contribution >= 0.6 is 0 Å². The van der Waals surface area contributed by atoms with E-state index in [1.807, 2.05) is 24.3 Å². The van der Waals surface area contributed by atoms with Crippen LogP contribution in [-0.2, 0) is 6.42 Å². The third kappa shape index (κ3) is 2.26. The predicted octanol–water partition coefficient (Wildman–Crippen LogP) is 3.55. The second kappa shape index (κ2) is 4.78. The highest BCUT2D eigenvalue weighted by atomic mass is 16.3. The highest BCUT2D eigenvalue weighted by molar-refractivity contribution is 5.93. The normalized spacial score (nSPS) is 10.8. The van der Waals surface area contributed by atoms with Gasteiger partial charge in [0.05, 0.1) is 0 Å². The zero-order chi connectivity index (χ0) is 14.1. The molecule has 0 aromatic heterocycles. The van der Waals surface area contributed by atoms with Crippen LogP contribution in [0.3, 0.4) is 0 Å². The van der Waals surface area contributed by atoms with Gasteiger partial charge in [0.15, 0.2) is 0 Å². The number of rotatable bonds is 2. The van der Waals surface area contributed by atoms with Gasteiger partial charge in [-0.1, -0.05) is 24.3 Å². The van der Waals surface area contributed by atoms with Crippen LogP contribution in [0.15, 0.2) is 54.6 Å². The molecule has 0 unspecified atom stereocenters. The zero-order valence-electron chi connectivity index (χ0n) is 10.7. The number of phenolic OH excluding ortho intramolecular Hbond substituents is 3. The van der Waals surface area contributed by atoms with Gasteiger partial charge in [-0.05, 0) is 47.9 Å². The first-order chi connectivity index (χ1) is 9.63. The van der Waals surface area contributed by atoms with E-state index >= 15 is 0 Å². The number of hydrogen-bond donors (Lipinski definition) is 3. The molecule has 0 saturated heterocycles. The number of fused-ring (bicyclic) bond motifs is 1. The SMILES string of the molecule is Oc1ccc(Cc2ccc3c(O)ccc(O)c3c2)cc1. The van der Waals surface area contributed by atoms with Crippen LogP contribution in [0, 0.1) is 0 Å². The van der Waals surface area contributed by atoms with E-state index < -0.39 is 0 Å². The Morgan fingerprint density at radius 1 is 0.600 bits per heavy atom. The summed E-state index contributed by atoms with van der Waals surface area (Å²) in [5.41, 5.74) is 2.10. The second-order valence-electron chi connectivity index (χ2n) is 4.83. The van der Waals surface area contributed by atoms with E-state index in [2.05, 4.69) is 0 Å². The van der Waals surface area contributed by atoms with Gasteiger partial charge in [-0.3, -0.25) is 0 Å². The summed E-state index contributed by atoms with van der Waals surface area (Å²) >= 11 is 0. The van der Waals surface area contributed by atoms with Crippen LogP contribution in [0.4, 0.5) is 0 Å². The summed E-state index contributed by atoms with van der Waals surface area (Å²) in [6.07, 6.45) is 0.700. The lowest BCUT2D eigenvalue weighted by atomic mass is 10.0. The van der Waals surface area contributed by atoms with Crippen molar-refractivity contribution in [1.82, 2.24) is 0 Å². The fraction of sp³-hybridized carbons (Fsp3) is 0.0588. The Morgan fingerprint density at radius 2 is 1.20 bits per heavy atom. The third-order valence-corrected chi connectivity index (χ3v) is 3.38. The van der Waals surface area contributed by atoms with Crippen molar-refractivity contribution in [1.29, 1.82) is 0 Å². The van der Waals surface area contributed by atoms with E-state index in [1.165, 1.54) is 12.1 Å². The number of phenols is 3. The molecule has 3 heteroatoms. The van der Waals surface area contributed by atoms with E-state index in [1.54, 1.807) is 18.2 Å². The quantitative estimate of drug-likeness (QED) is 0.622. The van der Waals surface area contributed by atoms with Crippen LogP contribution in [0.2, 0.25) is 0 Å². The minimum absolute atomic E-state index is 0.158. The smallest absolute Gasteiger partial charge is 0.123 e. The standard InChI is InChI=1S/C17H14O3/c18-13-4-1-11(2-5-13)9-12-3-6-14-15(10-12)17(20)8-7-16(14)19/h1-8,10,18-20H,9H2. The first-order valence-electron chi connectivity index (χ1n) is 6.35. The first kappa shape index (κ1) is 12.4. The lowest BCUT2D eigenvalue weighted by Crippen LogP contribution is -1.88. The maximum Gasteiger partial charge on any atom is 0.123 e. The summed E-state index contributed by atoms with van der Waals surface area (Å²) < 4.78 is 0. The van der Waals surface area contributed by atoms with Gasteiger partial charge in [0, 0.05) is 10.8 Å². The summed E-state index contributed by atoms with van der Waals surface area (Å²) in [6, 6.07) is 15.6. The van der Waals surface area contributed by atoms with Crippen molar-refractivity contribution in [3.63, 3.8) is 0 Å². The molecule has 0 heterocycles. The van der Waals surface area contributed by atoms with Gasteiger partial charge in [0.1, 0.15) is 17.2 Å². The van der Waals surface area contributed by atoms with E-state index in [4.69, 9.17) is 0 Å². The maximum atomic E-state index is 9.88. The molecule has 3 rings (SSSR count). The molecule has 3 aromatic carbocycles. The molecule has 0 aliphatic heterocycles. The van der Waals surface area contributed by atoms with Gasteiger partial charge >= 0.3 is 0 Å². The van der Waals surface area contributed by atoms with E-state index in [-0.39, 0.29) is 17.2 Å². The molecule has 3 N–H and O–H groups in total. The predicted molar refractivity (Wildman–Crippen MR) is 78.2 cm³/mol. The number of benzene rings is 3. The van der Waals surface area contributed by atoms with Crippen molar-refractivity contribution in [2.75, 3.05) is 0 Å². The van der Waals surface area contributed by atoms with Gasteiger partial charge < -0.3 is 15.3 Å². The molecule has 100 valence electrons. The molecule has 0 atom stereocenters. The molecule has 0 bridgehead atoms. The minimum atomic E-state index is 0.158. The molecule has 0 fully saturated rings. The molecule has 20 heavy (non-hydrogen) atoms. The van der Waals surface area contributed by atoms with E-state index in [0.29, 0.717) is 17.2 Å². The number of aromatic hydroxyl groups is 3. The monoisotopic (exact) mass is 266 g/mol. The summed E-state index contributed by atoms with van der Waals surface area (Å²) in [6.45, 7) is 0. The van der Waals surface area contributed by atoms with Crippen molar-refractivity contribution >= 4 is 10.8 Å². The fourth-order valence-corrected chi connectivity index (χ4v) is 2.32. The van der Waals surface area contributed by atoms with Crippen molar-refractivity contribution < 1.29 is 15.3 Å². The molecule has 0 amide bonds. The summed E-state index contributed by atoms with van der Waals surface area (Å²) in [4.78, 5) is 0. The zero-order valence-corrected chi connectivity index (χ0v) is 10.7. The topological polar surface area (TPSA) is 60.7 Å². The maximum absolute atomic E-state index is 9.88. The van der Waals surface area contributed by atoms with Gasteiger partial charge in [-0.2, -0.15) is 0 Å². The minimum Gasteiger partial charge on any atom is -0.508 e. The van der Waals surface area contributed by atoms with E-state index in [0.717, 1.165) is 11.1 Å². The Labute approximate surface area is 116 Å². The average molecular weight is 266 g/mol. The molecule has 0 aliphatic carbocycles. The molecular weight excluding hydrogens is 252 g/mol. The van der Waals surface area contributed by atoms with E-state index in [9.17, 15) is 15.3 Å². The van der Waals surface area contributed by atoms with Crippen LogP contribution in [0.5, 0.6) is 17.2 Å². The van der Waals surface area contributed by atoms with Crippen LogP contribution < -0.4 is 0 Å². The Balaban J connectivity index is 2.01.